The zero-order valence-electron chi connectivity index (χ0n) is 11.1. The second-order valence-electron chi connectivity index (χ2n) is 5.69. The van der Waals surface area contributed by atoms with Gasteiger partial charge in [-0.2, -0.15) is 11.8 Å². The van der Waals surface area contributed by atoms with Crippen LogP contribution in [0.5, 0.6) is 0 Å². The number of amides is 1. The number of hydrogen-bond donors (Lipinski definition) is 1. The minimum atomic E-state index is -0.722. The molecule has 1 aromatic heterocycles. The molecule has 2 aliphatic heterocycles. The van der Waals surface area contributed by atoms with Gasteiger partial charge in [-0.1, -0.05) is 0 Å². The minimum absolute atomic E-state index is 0.101. The molecular weight excluding hydrogens is 278 g/mol. The Balaban J connectivity index is 1.78. The molecule has 3 heterocycles. The van der Waals surface area contributed by atoms with Crippen LogP contribution in [-0.2, 0) is 12.2 Å². The SMILES string of the molecule is CC1(O)CCCN(C(=O)c2cc3c(s2)CCSC3)C1. The Morgan fingerprint density at radius 3 is 3.11 bits per heavy atom. The van der Waals surface area contributed by atoms with Gasteiger partial charge in [0.2, 0.25) is 0 Å². The van der Waals surface area contributed by atoms with Gasteiger partial charge in [0, 0.05) is 23.7 Å². The number of aliphatic hydroxyl groups is 1. The first-order valence-corrected chi connectivity index (χ1v) is 8.73. The number of thioether (sulfide) groups is 1. The summed E-state index contributed by atoms with van der Waals surface area (Å²) in [6, 6.07) is 2.07. The third-order valence-electron chi connectivity index (χ3n) is 3.80. The normalized spacial score (nSPS) is 27.2. The first-order valence-electron chi connectivity index (χ1n) is 6.76. The smallest absolute Gasteiger partial charge is 0.264 e. The van der Waals surface area contributed by atoms with Gasteiger partial charge in [-0.3, -0.25) is 4.79 Å². The Hall–Kier alpha value is -0.520. The molecule has 0 aromatic carbocycles. The van der Waals surface area contributed by atoms with Crippen molar-refractivity contribution in [3.8, 4) is 0 Å². The van der Waals surface area contributed by atoms with E-state index in [9.17, 15) is 9.90 Å². The number of fused-ring (bicyclic) bond motifs is 1. The monoisotopic (exact) mass is 297 g/mol. The van der Waals surface area contributed by atoms with E-state index >= 15 is 0 Å². The Kier molecular flexibility index (Phi) is 3.62. The van der Waals surface area contributed by atoms with Crippen LogP contribution in [0, 0.1) is 0 Å². The van der Waals surface area contributed by atoms with Crippen molar-refractivity contribution in [3.63, 3.8) is 0 Å². The highest BCUT2D eigenvalue weighted by Gasteiger charge is 2.32. The lowest BCUT2D eigenvalue weighted by molar-refractivity contribution is -0.0105. The van der Waals surface area contributed by atoms with E-state index in [-0.39, 0.29) is 5.91 Å². The van der Waals surface area contributed by atoms with Crippen molar-refractivity contribution < 1.29 is 9.90 Å². The van der Waals surface area contributed by atoms with E-state index in [2.05, 4.69) is 6.07 Å². The average Bonchev–Trinajstić information content (AvgIpc) is 2.80. The molecule has 19 heavy (non-hydrogen) atoms. The molecule has 1 saturated heterocycles. The third kappa shape index (κ3) is 2.83. The minimum Gasteiger partial charge on any atom is -0.388 e. The summed E-state index contributed by atoms with van der Waals surface area (Å²) in [5, 5.41) is 10.1. The summed E-state index contributed by atoms with van der Waals surface area (Å²) in [7, 11) is 0. The van der Waals surface area contributed by atoms with E-state index in [1.165, 1.54) is 16.2 Å². The van der Waals surface area contributed by atoms with Gasteiger partial charge in [0.05, 0.1) is 10.5 Å². The fraction of sp³-hybridized carbons (Fsp3) is 0.643. The zero-order chi connectivity index (χ0) is 13.5. The number of aryl methyl sites for hydroxylation is 1. The molecular formula is C14H19NO2S2. The van der Waals surface area contributed by atoms with Gasteiger partial charge >= 0.3 is 0 Å². The van der Waals surface area contributed by atoms with Crippen LogP contribution in [0.4, 0.5) is 0 Å². The van der Waals surface area contributed by atoms with Gasteiger partial charge in [-0.05, 0) is 43.6 Å². The lowest BCUT2D eigenvalue weighted by Crippen LogP contribution is -2.48. The number of hydrogen-bond acceptors (Lipinski definition) is 4. The molecule has 3 rings (SSSR count). The predicted molar refractivity (Wildman–Crippen MR) is 79.9 cm³/mol. The van der Waals surface area contributed by atoms with Gasteiger partial charge in [0.1, 0.15) is 0 Å². The van der Waals surface area contributed by atoms with Gasteiger partial charge in [-0.15, -0.1) is 11.3 Å². The van der Waals surface area contributed by atoms with E-state index in [0.29, 0.717) is 6.54 Å². The van der Waals surface area contributed by atoms with Crippen molar-refractivity contribution in [1.29, 1.82) is 0 Å². The van der Waals surface area contributed by atoms with E-state index < -0.39 is 5.60 Å². The van der Waals surface area contributed by atoms with E-state index in [1.807, 2.05) is 23.6 Å². The second kappa shape index (κ2) is 5.11. The fourth-order valence-corrected chi connectivity index (χ4v) is 5.14. The summed E-state index contributed by atoms with van der Waals surface area (Å²) in [5.41, 5.74) is 0.619. The zero-order valence-corrected chi connectivity index (χ0v) is 12.8. The highest BCUT2D eigenvalue weighted by atomic mass is 32.2. The second-order valence-corrected chi connectivity index (χ2v) is 7.93. The standard InChI is InChI=1S/C14H19NO2S2/c1-14(17)4-2-5-15(9-14)13(16)12-7-10-8-18-6-3-11(10)19-12/h7,17H,2-6,8-9H2,1H3. The van der Waals surface area contributed by atoms with E-state index in [1.54, 1.807) is 11.3 Å². The van der Waals surface area contributed by atoms with Crippen LogP contribution < -0.4 is 0 Å². The molecule has 104 valence electrons. The fourth-order valence-electron chi connectivity index (χ4n) is 2.80. The molecule has 1 amide bonds. The topological polar surface area (TPSA) is 40.5 Å². The van der Waals surface area contributed by atoms with Crippen molar-refractivity contribution in [3.05, 3.63) is 21.4 Å². The van der Waals surface area contributed by atoms with Crippen LogP contribution in [0.15, 0.2) is 6.07 Å². The number of piperidine rings is 1. The summed E-state index contributed by atoms with van der Waals surface area (Å²) in [6.07, 6.45) is 2.77. The molecule has 1 aromatic rings. The number of carbonyl (C=O) groups is 1. The van der Waals surface area contributed by atoms with Gasteiger partial charge in [-0.25, -0.2) is 0 Å². The number of thiophene rings is 1. The first-order chi connectivity index (χ1) is 9.05. The van der Waals surface area contributed by atoms with Crippen LogP contribution in [0.1, 0.15) is 39.9 Å². The van der Waals surface area contributed by atoms with Crippen molar-refractivity contribution in [2.24, 2.45) is 0 Å². The lowest BCUT2D eigenvalue weighted by Gasteiger charge is -2.36. The molecule has 5 heteroatoms. The number of nitrogens with zero attached hydrogens (tertiary/aromatic N) is 1. The molecule has 0 spiro atoms. The summed E-state index contributed by atoms with van der Waals surface area (Å²) in [5.74, 6) is 2.31. The van der Waals surface area contributed by atoms with Crippen LogP contribution in [0.2, 0.25) is 0 Å². The van der Waals surface area contributed by atoms with Crippen molar-refractivity contribution in [2.45, 2.75) is 37.5 Å². The van der Waals surface area contributed by atoms with Gasteiger partial charge < -0.3 is 10.0 Å². The largest absolute Gasteiger partial charge is 0.388 e. The van der Waals surface area contributed by atoms with E-state index in [0.717, 1.165) is 36.4 Å². The van der Waals surface area contributed by atoms with Crippen LogP contribution in [0.3, 0.4) is 0 Å². The summed E-state index contributed by atoms with van der Waals surface area (Å²) in [6.45, 7) is 3.05. The average molecular weight is 297 g/mol. The number of likely N-dealkylation sites (tertiary alicyclic amines) is 1. The maximum Gasteiger partial charge on any atom is 0.264 e. The third-order valence-corrected chi connectivity index (χ3v) is 6.03. The van der Waals surface area contributed by atoms with Crippen molar-refractivity contribution >= 4 is 29.0 Å². The molecule has 1 atom stereocenters. The molecule has 0 aliphatic carbocycles. The maximum absolute atomic E-state index is 12.5. The van der Waals surface area contributed by atoms with Gasteiger partial charge in [0.15, 0.2) is 0 Å². The van der Waals surface area contributed by atoms with Gasteiger partial charge in [0.25, 0.3) is 5.91 Å². The number of β-amino-alcohol motifs (C(OH)–C–C–N with tert-alkyl or cyclic N) is 1. The van der Waals surface area contributed by atoms with Crippen LogP contribution in [-0.4, -0.2) is 40.4 Å². The molecule has 0 saturated carbocycles. The molecule has 0 radical (unpaired) electrons. The molecule has 3 nitrogen and oxygen atoms in total. The maximum atomic E-state index is 12.5. The molecule has 1 N–H and O–H groups in total. The van der Waals surface area contributed by atoms with Crippen LogP contribution in [0.25, 0.3) is 0 Å². The Labute approximate surface area is 122 Å². The summed E-state index contributed by atoms with van der Waals surface area (Å²) < 4.78 is 0. The Bertz CT molecular complexity index is 472. The molecule has 0 bridgehead atoms. The molecule has 2 aliphatic rings. The quantitative estimate of drug-likeness (QED) is 0.866. The van der Waals surface area contributed by atoms with Crippen molar-refractivity contribution in [2.75, 3.05) is 18.8 Å². The highest BCUT2D eigenvalue weighted by Crippen LogP contribution is 2.33. The van der Waals surface area contributed by atoms with Crippen LogP contribution >= 0.6 is 23.1 Å². The summed E-state index contributed by atoms with van der Waals surface area (Å²) in [4.78, 5) is 16.6. The van der Waals surface area contributed by atoms with Crippen molar-refractivity contribution in [1.82, 2.24) is 4.90 Å². The summed E-state index contributed by atoms with van der Waals surface area (Å²) >= 11 is 3.59. The molecule has 1 unspecified atom stereocenters. The number of rotatable bonds is 1. The molecule has 1 fully saturated rings. The Morgan fingerprint density at radius 1 is 1.53 bits per heavy atom. The highest BCUT2D eigenvalue weighted by molar-refractivity contribution is 7.98. The Morgan fingerprint density at radius 2 is 2.37 bits per heavy atom. The lowest BCUT2D eigenvalue weighted by atomic mass is 9.95. The first kappa shape index (κ1) is 13.5. The van der Waals surface area contributed by atoms with E-state index in [4.69, 9.17) is 0 Å². The number of carbonyl (C=O) groups excluding carboxylic acids is 1. The predicted octanol–water partition coefficient (Wildman–Crippen LogP) is 2.52.